The Labute approximate surface area is 117 Å². The Hall–Kier alpha value is -1.70. The third-order valence-corrected chi connectivity index (χ3v) is 3.68. The second-order valence-electron chi connectivity index (χ2n) is 5.18. The first kappa shape index (κ1) is 14.7. The number of aliphatic hydroxyl groups excluding tert-OH is 1. The minimum absolute atomic E-state index is 0.0249. The summed E-state index contributed by atoms with van der Waals surface area (Å²) in [5.41, 5.74) is 3.65. The predicted molar refractivity (Wildman–Crippen MR) is 76.0 cm³/mol. The second kappa shape index (κ2) is 6.65. The van der Waals surface area contributed by atoms with E-state index in [0.29, 0.717) is 18.2 Å². The second-order valence-corrected chi connectivity index (χ2v) is 5.18. The predicted octanol–water partition coefficient (Wildman–Crippen LogP) is 1.08. The molecule has 0 aromatic heterocycles. The number of hydrogen-bond donors (Lipinski definition) is 3. The van der Waals surface area contributed by atoms with Crippen LogP contribution in [0.1, 0.15) is 18.4 Å². The van der Waals surface area contributed by atoms with E-state index in [4.69, 9.17) is 5.84 Å². The van der Waals surface area contributed by atoms with E-state index in [-0.39, 0.29) is 12.3 Å². The van der Waals surface area contributed by atoms with E-state index in [9.17, 15) is 15.2 Å². The molecule has 7 nitrogen and oxygen atoms in total. The lowest BCUT2D eigenvalue weighted by molar-refractivity contribution is -0.384. The first-order valence-corrected chi connectivity index (χ1v) is 6.71. The SMILES string of the molecule is NNc1cc(CN2CCCC(CO)C2)ccc1[N+](=O)[O-]. The summed E-state index contributed by atoms with van der Waals surface area (Å²) in [5, 5.41) is 20.1. The zero-order chi connectivity index (χ0) is 14.5. The molecule has 0 saturated carbocycles. The molecule has 0 aliphatic carbocycles. The number of hydrazine groups is 1. The van der Waals surface area contributed by atoms with E-state index >= 15 is 0 Å². The summed E-state index contributed by atoms with van der Waals surface area (Å²) >= 11 is 0. The van der Waals surface area contributed by atoms with Crippen molar-refractivity contribution in [3.05, 3.63) is 33.9 Å². The quantitative estimate of drug-likeness (QED) is 0.423. The van der Waals surface area contributed by atoms with Crippen LogP contribution in [-0.2, 0) is 6.54 Å². The van der Waals surface area contributed by atoms with Crippen LogP contribution in [0.5, 0.6) is 0 Å². The molecule has 1 saturated heterocycles. The van der Waals surface area contributed by atoms with Gasteiger partial charge >= 0.3 is 0 Å². The molecule has 2 rings (SSSR count). The maximum Gasteiger partial charge on any atom is 0.293 e. The highest BCUT2D eigenvalue weighted by molar-refractivity contribution is 5.62. The summed E-state index contributed by atoms with van der Waals surface area (Å²) in [6.45, 7) is 2.77. The van der Waals surface area contributed by atoms with Gasteiger partial charge in [0.2, 0.25) is 0 Å². The monoisotopic (exact) mass is 280 g/mol. The zero-order valence-electron chi connectivity index (χ0n) is 11.3. The molecule has 7 heteroatoms. The number of nitrogens with one attached hydrogen (secondary N) is 1. The molecule has 4 N–H and O–H groups in total. The van der Waals surface area contributed by atoms with Crippen molar-refractivity contribution < 1.29 is 10.0 Å². The molecular formula is C13H20N4O3. The first-order chi connectivity index (χ1) is 9.63. The minimum Gasteiger partial charge on any atom is -0.396 e. The number of anilines is 1. The fourth-order valence-electron chi connectivity index (χ4n) is 2.66. The zero-order valence-corrected chi connectivity index (χ0v) is 11.3. The first-order valence-electron chi connectivity index (χ1n) is 6.71. The Morgan fingerprint density at radius 3 is 3.00 bits per heavy atom. The van der Waals surface area contributed by atoms with E-state index in [1.54, 1.807) is 12.1 Å². The molecule has 1 aliphatic heterocycles. The van der Waals surface area contributed by atoms with Crippen molar-refractivity contribution in [1.29, 1.82) is 0 Å². The molecule has 1 heterocycles. The number of hydrogen-bond acceptors (Lipinski definition) is 6. The maximum atomic E-state index is 10.8. The van der Waals surface area contributed by atoms with Crippen LogP contribution in [0.15, 0.2) is 18.2 Å². The van der Waals surface area contributed by atoms with Crippen molar-refractivity contribution in [3.63, 3.8) is 0 Å². The smallest absolute Gasteiger partial charge is 0.293 e. The normalized spacial score (nSPS) is 19.8. The van der Waals surface area contributed by atoms with Gasteiger partial charge in [0, 0.05) is 25.8 Å². The number of nitro groups is 1. The van der Waals surface area contributed by atoms with Gasteiger partial charge in [-0.1, -0.05) is 6.07 Å². The number of nitro benzene ring substituents is 1. The van der Waals surface area contributed by atoms with Crippen LogP contribution in [0.3, 0.4) is 0 Å². The van der Waals surface area contributed by atoms with Crippen LogP contribution in [0.4, 0.5) is 11.4 Å². The van der Waals surface area contributed by atoms with E-state index in [0.717, 1.165) is 31.5 Å². The van der Waals surface area contributed by atoms with E-state index in [1.807, 2.05) is 0 Å². The highest BCUT2D eigenvalue weighted by Gasteiger charge is 2.20. The number of likely N-dealkylation sites (tertiary alicyclic amines) is 1. The van der Waals surface area contributed by atoms with Gasteiger partial charge in [0.25, 0.3) is 5.69 Å². The minimum atomic E-state index is -0.457. The molecule has 1 aliphatic rings. The molecule has 1 atom stereocenters. The molecule has 110 valence electrons. The highest BCUT2D eigenvalue weighted by Crippen LogP contribution is 2.26. The van der Waals surface area contributed by atoms with Crippen molar-refractivity contribution in [2.45, 2.75) is 19.4 Å². The Balaban J connectivity index is 2.07. The molecule has 0 radical (unpaired) electrons. The van der Waals surface area contributed by atoms with Gasteiger partial charge < -0.3 is 10.5 Å². The fraction of sp³-hybridized carbons (Fsp3) is 0.538. The summed E-state index contributed by atoms with van der Waals surface area (Å²) in [5.74, 6) is 5.66. The van der Waals surface area contributed by atoms with Gasteiger partial charge in [-0.15, -0.1) is 0 Å². The number of benzene rings is 1. The molecule has 20 heavy (non-hydrogen) atoms. The Bertz CT molecular complexity index is 481. The van der Waals surface area contributed by atoms with Gasteiger partial charge in [0.1, 0.15) is 5.69 Å². The fourth-order valence-corrected chi connectivity index (χ4v) is 2.66. The van der Waals surface area contributed by atoms with Crippen LogP contribution < -0.4 is 11.3 Å². The molecule has 1 aromatic rings. The van der Waals surface area contributed by atoms with Gasteiger partial charge in [-0.25, -0.2) is 0 Å². The van der Waals surface area contributed by atoms with Crippen molar-refractivity contribution >= 4 is 11.4 Å². The van der Waals surface area contributed by atoms with E-state index < -0.39 is 4.92 Å². The summed E-state index contributed by atoms with van der Waals surface area (Å²) in [4.78, 5) is 12.6. The number of nitrogens with two attached hydrogens (primary N) is 1. The van der Waals surface area contributed by atoms with Gasteiger partial charge in [-0.2, -0.15) is 0 Å². The standard InChI is InChI=1S/C13H20N4O3/c14-15-12-6-10(3-4-13(12)17(19)20)7-16-5-1-2-11(8-16)9-18/h3-4,6,11,15,18H,1-2,5,7-9,14H2. The lowest BCUT2D eigenvalue weighted by atomic mass is 9.98. The molecule has 0 bridgehead atoms. The Kier molecular flexibility index (Phi) is 4.89. The molecular weight excluding hydrogens is 260 g/mol. The molecule has 1 fully saturated rings. The number of nitrogen functional groups attached to an aromatic ring is 1. The lowest BCUT2D eigenvalue weighted by Crippen LogP contribution is -2.36. The molecule has 1 unspecified atom stereocenters. The van der Waals surface area contributed by atoms with E-state index in [2.05, 4.69) is 10.3 Å². The Morgan fingerprint density at radius 1 is 1.55 bits per heavy atom. The van der Waals surface area contributed by atoms with Crippen LogP contribution in [-0.4, -0.2) is 34.6 Å². The summed E-state index contributed by atoms with van der Waals surface area (Å²) in [6, 6.07) is 4.93. The van der Waals surface area contributed by atoms with E-state index in [1.165, 1.54) is 6.07 Å². The van der Waals surface area contributed by atoms with Crippen LogP contribution in [0.2, 0.25) is 0 Å². The van der Waals surface area contributed by atoms with Gasteiger partial charge in [0.15, 0.2) is 0 Å². The lowest BCUT2D eigenvalue weighted by Gasteiger charge is -2.31. The topological polar surface area (TPSA) is 105 Å². The average molecular weight is 280 g/mol. The van der Waals surface area contributed by atoms with Gasteiger partial charge in [-0.3, -0.25) is 20.9 Å². The number of aliphatic hydroxyl groups is 1. The third kappa shape index (κ3) is 3.44. The third-order valence-electron chi connectivity index (χ3n) is 3.68. The molecule has 0 amide bonds. The summed E-state index contributed by atoms with van der Waals surface area (Å²) in [6.07, 6.45) is 2.13. The van der Waals surface area contributed by atoms with Crippen LogP contribution >= 0.6 is 0 Å². The average Bonchev–Trinajstić information content (AvgIpc) is 2.47. The van der Waals surface area contributed by atoms with Crippen LogP contribution in [0, 0.1) is 16.0 Å². The van der Waals surface area contributed by atoms with Gasteiger partial charge in [-0.05, 0) is 36.9 Å². The van der Waals surface area contributed by atoms with Crippen molar-refractivity contribution in [3.8, 4) is 0 Å². The summed E-state index contributed by atoms with van der Waals surface area (Å²) < 4.78 is 0. The summed E-state index contributed by atoms with van der Waals surface area (Å²) in [7, 11) is 0. The highest BCUT2D eigenvalue weighted by atomic mass is 16.6. The largest absolute Gasteiger partial charge is 0.396 e. The van der Waals surface area contributed by atoms with Crippen molar-refractivity contribution in [1.82, 2.24) is 4.90 Å². The maximum absolute atomic E-state index is 10.8. The number of piperidine rings is 1. The number of nitrogens with zero attached hydrogens (tertiary/aromatic N) is 2. The van der Waals surface area contributed by atoms with Crippen molar-refractivity contribution in [2.75, 3.05) is 25.1 Å². The van der Waals surface area contributed by atoms with Crippen LogP contribution in [0.25, 0.3) is 0 Å². The van der Waals surface area contributed by atoms with Crippen molar-refractivity contribution in [2.24, 2.45) is 11.8 Å². The Morgan fingerprint density at radius 2 is 2.35 bits per heavy atom. The molecule has 1 aromatic carbocycles. The van der Waals surface area contributed by atoms with Gasteiger partial charge in [0.05, 0.1) is 4.92 Å². The number of rotatable bonds is 5. The molecule has 0 spiro atoms.